The van der Waals surface area contributed by atoms with Crippen LogP contribution in [0, 0.1) is 0 Å². The van der Waals surface area contributed by atoms with Crippen LogP contribution in [0.2, 0.25) is 0 Å². The Labute approximate surface area is 187 Å². The van der Waals surface area contributed by atoms with Crippen LogP contribution in [0.25, 0.3) is 0 Å². The monoisotopic (exact) mass is 428 g/mol. The zero-order valence-corrected chi connectivity index (χ0v) is 19.5. The maximum atomic E-state index is 10.9. The highest BCUT2D eigenvalue weighted by Gasteiger charge is 2.18. The van der Waals surface area contributed by atoms with Gasteiger partial charge in [0.05, 0.1) is 13.1 Å². The molecule has 7 nitrogen and oxygen atoms in total. The largest absolute Gasteiger partial charge is 0.507 e. The Balaban J connectivity index is 1.64. The molecule has 0 amide bonds. The highest BCUT2D eigenvalue weighted by Crippen LogP contribution is 2.29. The number of hydrogen-bond acceptors (Lipinski definition) is 7. The van der Waals surface area contributed by atoms with E-state index in [9.17, 15) is 5.11 Å². The standard InChI is InChI=1S/C24H40N6O/c1-24(2,3)22-16-20(18-27-8-14-29-10-4-25-5-11-29)23(31)21(17-22)19-28-9-15-30-12-6-26-7-13-30/h16-19,25-26,31H,4-15H2,1-3H3. The van der Waals surface area contributed by atoms with E-state index in [-0.39, 0.29) is 11.2 Å². The number of phenolic OH excluding ortho intramolecular Hbond substituents is 1. The van der Waals surface area contributed by atoms with E-state index in [0.717, 1.165) is 89.7 Å². The van der Waals surface area contributed by atoms with Crippen molar-refractivity contribution in [1.29, 1.82) is 0 Å². The third kappa shape index (κ3) is 7.68. The molecule has 2 saturated heterocycles. The summed E-state index contributed by atoms with van der Waals surface area (Å²) in [5.74, 6) is 0.268. The minimum atomic E-state index is -0.0134. The molecule has 0 bridgehead atoms. The van der Waals surface area contributed by atoms with Crippen molar-refractivity contribution in [2.24, 2.45) is 9.98 Å². The van der Waals surface area contributed by atoms with Crippen LogP contribution in [-0.4, -0.2) is 106 Å². The maximum absolute atomic E-state index is 10.9. The van der Waals surface area contributed by atoms with Gasteiger partial charge in [-0.15, -0.1) is 0 Å². The van der Waals surface area contributed by atoms with Gasteiger partial charge in [-0.1, -0.05) is 20.8 Å². The van der Waals surface area contributed by atoms with Gasteiger partial charge < -0.3 is 15.7 Å². The van der Waals surface area contributed by atoms with E-state index in [4.69, 9.17) is 0 Å². The molecule has 3 rings (SSSR count). The first-order valence-corrected chi connectivity index (χ1v) is 11.7. The van der Waals surface area contributed by atoms with Gasteiger partial charge in [-0.25, -0.2) is 0 Å². The molecule has 0 aromatic heterocycles. The van der Waals surface area contributed by atoms with Gasteiger partial charge in [0.2, 0.25) is 0 Å². The second kappa shape index (κ2) is 11.7. The van der Waals surface area contributed by atoms with Crippen LogP contribution in [0.15, 0.2) is 22.1 Å². The first-order valence-electron chi connectivity index (χ1n) is 11.7. The molecule has 7 heteroatoms. The van der Waals surface area contributed by atoms with Gasteiger partial charge in [0.15, 0.2) is 0 Å². The topological polar surface area (TPSA) is 75.5 Å². The van der Waals surface area contributed by atoms with Crippen molar-refractivity contribution in [3.8, 4) is 5.75 Å². The third-order valence-corrected chi connectivity index (χ3v) is 6.01. The molecular formula is C24H40N6O. The summed E-state index contributed by atoms with van der Waals surface area (Å²) in [5, 5.41) is 17.6. The molecular weight excluding hydrogens is 388 g/mol. The molecule has 172 valence electrons. The Morgan fingerprint density at radius 3 is 1.65 bits per heavy atom. The third-order valence-electron chi connectivity index (χ3n) is 6.01. The quantitative estimate of drug-likeness (QED) is 0.545. The Bertz CT molecular complexity index is 690. The molecule has 0 atom stereocenters. The van der Waals surface area contributed by atoms with Gasteiger partial charge >= 0.3 is 0 Å². The first kappa shape index (κ1) is 23.9. The second-order valence-corrected chi connectivity index (χ2v) is 9.51. The molecule has 31 heavy (non-hydrogen) atoms. The van der Waals surface area contributed by atoms with Crippen LogP contribution in [0.4, 0.5) is 0 Å². The van der Waals surface area contributed by atoms with Gasteiger partial charge in [-0.3, -0.25) is 19.8 Å². The lowest BCUT2D eigenvalue weighted by atomic mass is 9.85. The Hall–Kier alpha value is -1.80. The summed E-state index contributed by atoms with van der Waals surface area (Å²) >= 11 is 0. The molecule has 0 saturated carbocycles. The molecule has 1 aromatic carbocycles. The van der Waals surface area contributed by atoms with E-state index in [1.807, 2.05) is 12.4 Å². The number of rotatable bonds is 8. The number of benzene rings is 1. The molecule has 2 fully saturated rings. The molecule has 3 N–H and O–H groups in total. The number of piperazine rings is 2. The van der Waals surface area contributed by atoms with E-state index in [1.54, 1.807) is 0 Å². The maximum Gasteiger partial charge on any atom is 0.133 e. The fourth-order valence-corrected chi connectivity index (χ4v) is 3.90. The molecule has 0 spiro atoms. The van der Waals surface area contributed by atoms with Gasteiger partial charge in [-0.2, -0.15) is 0 Å². The molecule has 0 aliphatic carbocycles. The predicted molar refractivity (Wildman–Crippen MR) is 130 cm³/mol. The van der Waals surface area contributed by atoms with Crippen molar-refractivity contribution >= 4 is 12.4 Å². The van der Waals surface area contributed by atoms with Gasteiger partial charge in [0.25, 0.3) is 0 Å². The summed E-state index contributed by atoms with van der Waals surface area (Å²) in [6.45, 7) is 18.5. The zero-order valence-electron chi connectivity index (χ0n) is 19.5. The van der Waals surface area contributed by atoms with Gasteiger partial charge in [0.1, 0.15) is 5.75 Å². The highest BCUT2D eigenvalue weighted by atomic mass is 16.3. The fourth-order valence-electron chi connectivity index (χ4n) is 3.90. The smallest absolute Gasteiger partial charge is 0.133 e. The summed E-state index contributed by atoms with van der Waals surface area (Å²) < 4.78 is 0. The number of hydrogen-bond donors (Lipinski definition) is 3. The summed E-state index contributed by atoms with van der Waals surface area (Å²) in [7, 11) is 0. The average molecular weight is 429 g/mol. The molecule has 0 radical (unpaired) electrons. The van der Waals surface area contributed by atoms with Crippen LogP contribution < -0.4 is 10.6 Å². The average Bonchev–Trinajstić information content (AvgIpc) is 2.76. The summed E-state index contributed by atoms with van der Waals surface area (Å²) in [5.41, 5.74) is 2.71. The van der Waals surface area contributed by atoms with Crippen molar-refractivity contribution in [3.05, 3.63) is 28.8 Å². The Morgan fingerprint density at radius 1 is 0.839 bits per heavy atom. The Kier molecular flexibility index (Phi) is 9.02. The van der Waals surface area contributed by atoms with Crippen LogP contribution in [0.3, 0.4) is 0 Å². The lowest BCUT2D eigenvalue weighted by molar-refractivity contribution is 0.248. The van der Waals surface area contributed by atoms with Crippen molar-refractivity contribution < 1.29 is 5.11 Å². The highest BCUT2D eigenvalue weighted by molar-refractivity contribution is 5.92. The minimum Gasteiger partial charge on any atom is -0.507 e. The number of phenols is 1. The molecule has 2 heterocycles. The molecule has 1 aromatic rings. The summed E-state index contributed by atoms with van der Waals surface area (Å²) in [6.07, 6.45) is 3.65. The predicted octanol–water partition coefficient (Wildman–Crippen LogP) is 1.34. The number of aromatic hydroxyl groups is 1. The van der Waals surface area contributed by atoms with Crippen LogP contribution in [0.5, 0.6) is 5.75 Å². The first-order chi connectivity index (χ1) is 14.9. The number of aliphatic imine (C=N–C) groups is 2. The van der Waals surface area contributed by atoms with Crippen LogP contribution >= 0.6 is 0 Å². The van der Waals surface area contributed by atoms with Crippen LogP contribution in [0.1, 0.15) is 37.5 Å². The van der Waals surface area contributed by atoms with Crippen molar-refractivity contribution in [2.75, 3.05) is 78.5 Å². The summed E-state index contributed by atoms with van der Waals surface area (Å²) in [4.78, 5) is 14.1. The second-order valence-electron chi connectivity index (χ2n) is 9.51. The minimum absolute atomic E-state index is 0.0134. The number of nitrogens with zero attached hydrogens (tertiary/aromatic N) is 4. The number of nitrogens with one attached hydrogen (secondary N) is 2. The van der Waals surface area contributed by atoms with Crippen molar-refractivity contribution in [3.63, 3.8) is 0 Å². The van der Waals surface area contributed by atoms with Crippen molar-refractivity contribution in [2.45, 2.75) is 26.2 Å². The Morgan fingerprint density at radius 2 is 1.26 bits per heavy atom. The molecule has 2 aliphatic heterocycles. The lowest BCUT2D eigenvalue weighted by Crippen LogP contribution is -2.44. The van der Waals surface area contributed by atoms with E-state index >= 15 is 0 Å². The molecule has 2 aliphatic rings. The fraction of sp³-hybridized carbons (Fsp3) is 0.667. The molecule has 0 unspecified atom stereocenters. The van der Waals surface area contributed by atoms with E-state index in [2.05, 4.69) is 63.3 Å². The van der Waals surface area contributed by atoms with Gasteiger partial charge in [-0.05, 0) is 23.1 Å². The SMILES string of the molecule is CC(C)(C)c1cc(C=NCCN2CCNCC2)c(O)c(C=NCCN2CCNCC2)c1. The zero-order chi connectivity index (χ0) is 22.1. The van der Waals surface area contributed by atoms with E-state index in [1.165, 1.54) is 5.56 Å². The lowest BCUT2D eigenvalue weighted by Gasteiger charge is -2.26. The van der Waals surface area contributed by atoms with E-state index < -0.39 is 0 Å². The van der Waals surface area contributed by atoms with Crippen molar-refractivity contribution in [1.82, 2.24) is 20.4 Å². The van der Waals surface area contributed by atoms with E-state index in [0.29, 0.717) is 0 Å². The van der Waals surface area contributed by atoms with Crippen LogP contribution in [-0.2, 0) is 5.41 Å². The normalized spacial score (nSPS) is 19.6. The summed E-state index contributed by atoms with van der Waals surface area (Å²) in [6, 6.07) is 4.11. The van der Waals surface area contributed by atoms with Gasteiger partial charge in [0, 0.05) is 89.0 Å².